The summed E-state index contributed by atoms with van der Waals surface area (Å²) in [6.45, 7) is 3.86. The normalized spacial score (nSPS) is 18.8. The van der Waals surface area contributed by atoms with Gasteiger partial charge in [0.05, 0.1) is 0 Å². The molecule has 0 nitrogen and oxygen atoms in total. The number of hydrogen-bond acceptors (Lipinski definition) is 0. The van der Waals surface area contributed by atoms with E-state index in [0.717, 1.165) is 42.9 Å². The van der Waals surface area contributed by atoms with E-state index in [0.29, 0.717) is 17.4 Å². The van der Waals surface area contributed by atoms with Crippen molar-refractivity contribution in [2.75, 3.05) is 0 Å². The molecule has 0 N–H and O–H groups in total. The average molecular weight is 440 g/mol. The monoisotopic (exact) mass is 440 g/mol. The molecule has 0 atom stereocenters. The van der Waals surface area contributed by atoms with Crippen LogP contribution in [0.5, 0.6) is 0 Å². The number of hydrogen-bond donors (Lipinski definition) is 0. The van der Waals surface area contributed by atoms with E-state index in [1.165, 1.54) is 18.2 Å². The second-order valence-corrected chi connectivity index (χ2v) is 8.18. The van der Waals surface area contributed by atoms with Crippen molar-refractivity contribution in [3.8, 4) is 23.0 Å². The molecule has 0 radical (unpaired) electrons. The first-order valence-corrected chi connectivity index (χ1v) is 10.5. The molecule has 32 heavy (non-hydrogen) atoms. The van der Waals surface area contributed by atoms with Gasteiger partial charge in [0, 0.05) is 16.9 Å². The highest BCUT2D eigenvalue weighted by molar-refractivity contribution is 5.88. The summed E-state index contributed by atoms with van der Waals surface area (Å²) in [5.74, 6) is 4.32. The molecule has 4 rings (SSSR count). The largest absolute Gasteiger partial charge is 0.422 e. The highest BCUT2D eigenvalue weighted by Crippen LogP contribution is 2.37. The molecule has 0 aromatic heterocycles. The average Bonchev–Trinajstić information content (AvgIpc) is 2.77. The van der Waals surface area contributed by atoms with E-state index in [2.05, 4.69) is 18.4 Å². The topological polar surface area (TPSA) is 0 Å². The van der Waals surface area contributed by atoms with Gasteiger partial charge in [-0.15, -0.1) is 6.58 Å². The van der Waals surface area contributed by atoms with Crippen molar-refractivity contribution < 1.29 is 22.0 Å². The van der Waals surface area contributed by atoms with Crippen LogP contribution in [0.4, 0.5) is 22.0 Å². The lowest BCUT2D eigenvalue weighted by molar-refractivity contribution is -0.142. The van der Waals surface area contributed by atoms with Crippen molar-refractivity contribution >= 4 is 10.8 Å². The molecule has 0 amide bonds. The van der Waals surface area contributed by atoms with Gasteiger partial charge in [-0.25, -0.2) is 8.78 Å². The molecule has 0 spiro atoms. The van der Waals surface area contributed by atoms with Crippen LogP contribution in [0.15, 0.2) is 61.2 Å². The smallest absolute Gasteiger partial charge is 0.206 e. The van der Waals surface area contributed by atoms with Crippen molar-refractivity contribution in [3.63, 3.8) is 0 Å². The first kappa shape index (κ1) is 22.1. The number of fused-ring (bicyclic) bond motifs is 1. The maximum atomic E-state index is 14.3. The number of alkyl halides is 3. The Balaban J connectivity index is 1.56. The quantitative estimate of drug-likeness (QED) is 0.214. The summed E-state index contributed by atoms with van der Waals surface area (Å²) >= 11 is 0. The van der Waals surface area contributed by atoms with Crippen LogP contribution in [0.25, 0.3) is 21.9 Å². The Bertz CT molecular complexity index is 1200. The fourth-order valence-corrected chi connectivity index (χ4v) is 4.20. The Hall–Kier alpha value is -3.13. The van der Waals surface area contributed by atoms with E-state index in [4.69, 9.17) is 0 Å². The van der Waals surface area contributed by atoms with E-state index >= 15 is 0 Å². The Labute approximate surface area is 183 Å². The predicted molar refractivity (Wildman–Crippen MR) is 117 cm³/mol. The molecule has 0 aliphatic heterocycles. The zero-order valence-electron chi connectivity index (χ0n) is 17.3. The molecular formula is C27H21F5. The minimum Gasteiger partial charge on any atom is -0.206 e. The molecule has 0 saturated heterocycles. The van der Waals surface area contributed by atoms with Crippen molar-refractivity contribution in [3.05, 3.63) is 83.9 Å². The van der Waals surface area contributed by atoms with Gasteiger partial charge >= 0.3 is 6.18 Å². The molecule has 1 fully saturated rings. The molecule has 0 unspecified atom stereocenters. The van der Waals surface area contributed by atoms with Gasteiger partial charge in [0.15, 0.2) is 0 Å². The minimum atomic E-state index is -5.09. The number of halogens is 5. The minimum absolute atomic E-state index is 0.0736. The molecule has 1 aliphatic rings. The second kappa shape index (κ2) is 8.78. The molecule has 5 heteroatoms. The van der Waals surface area contributed by atoms with Crippen molar-refractivity contribution in [1.29, 1.82) is 0 Å². The van der Waals surface area contributed by atoms with Crippen molar-refractivity contribution in [1.82, 2.24) is 0 Å². The van der Waals surface area contributed by atoms with Gasteiger partial charge in [0.2, 0.25) is 0 Å². The standard InChI is InChI=1S/C27H21F5/c1-2-17-3-5-18(6-4-17)7-8-19-9-11-20(12-10-19)21-13-14-23-22(15-21)16-24(28)25(26(23)29)27(30,31)32/h2,9-18H,1,3-6H2. The summed E-state index contributed by atoms with van der Waals surface area (Å²) in [7, 11) is 0. The zero-order chi connectivity index (χ0) is 22.9. The summed E-state index contributed by atoms with van der Waals surface area (Å²) in [5, 5.41) is -0.194. The fraction of sp³-hybridized carbons (Fsp3) is 0.259. The first-order chi connectivity index (χ1) is 15.3. The van der Waals surface area contributed by atoms with E-state index in [9.17, 15) is 22.0 Å². The lowest BCUT2D eigenvalue weighted by Gasteiger charge is -2.22. The van der Waals surface area contributed by atoms with Crippen LogP contribution >= 0.6 is 0 Å². The Morgan fingerprint density at radius 2 is 1.53 bits per heavy atom. The van der Waals surface area contributed by atoms with Crippen LogP contribution in [-0.4, -0.2) is 0 Å². The maximum Gasteiger partial charge on any atom is 0.422 e. The highest BCUT2D eigenvalue weighted by Gasteiger charge is 2.38. The third-order valence-electron chi connectivity index (χ3n) is 6.06. The Kier molecular flexibility index (Phi) is 6.06. The Morgan fingerprint density at radius 1 is 0.875 bits per heavy atom. The highest BCUT2D eigenvalue weighted by atomic mass is 19.4. The van der Waals surface area contributed by atoms with E-state index in [-0.39, 0.29) is 10.8 Å². The van der Waals surface area contributed by atoms with Gasteiger partial charge in [-0.1, -0.05) is 42.2 Å². The summed E-state index contributed by atoms with van der Waals surface area (Å²) in [6.07, 6.45) is 1.31. The predicted octanol–water partition coefficient (Wildman–Crippen LogP) is 8.15. The van der Waals surface area contributed by atoms with E-state index < -0.39 is 23.4 Å². The number of benzene rings is 3. The van der Waals surface area contributed by atoms with Crippen LogP contribution in [0.3, 0.4) is 0 Å². The summed E-state index contributed by atoms with van der Waals surface area (Å²) in [5.41, 5.74) is 0.439. The molecular weight excluding hydrogens is 419 g/mol. The van der Waals surface area contributed by atoms with Crippen LogP contribution in [0.1, 0.15) is 36.8 Å². The van der Waals surface area contributed by atoms with E-state index in [1.807, 2.05) is 30.3 Å². The molecule has 3 aromatic rings. The molecule has 0 heterocycles. The SMILES string of the molecule is C=CC1CCC(C#Cc2ccc(-c3ccc4c(F)c(C(F)(F)F)c(F)cc4c3)cc2)CC1. The molecule has 1 saturated carbocycles. The molecule has 164 valence electrons. The zero-order valence-corrected chi connectivity index (χ0v) is 17.3. The van der Waals surface area contributed by atoms with Crippen molar-refractivity contribution in [2.45, 2.75) is 31.9 Å². The third-order valence-corrected chi connectivity index (χ3v) is 6.06. The molecule has 0 bridgehead atoms. The van der Waals surface area contributed by atoms with Crippen molar-refractivity contribution in [2.24, 2.45) is 11.8 Å². The second-order valence-electron chi connectivity index (χ2n) is 8.18. The summed E-state index contributed by atoms with van der Waals surface area (Å²) < 4.78 is 67.1. The van der Waals surface area contributed by atoms with Gasteiger partial charge in [-0.05, 0) is 72.4 Å². The van der Waals surface area contributed by atoms with Gasteiger partial charge in [-0.3, -0.25) is 0 Å². The maximum absolute atomic E-state index is 14.3. The molecule has 3 aromatic carbocycles. The lowest BCUT2D eigenvalue weighted by atomic mass is 9.82. The summed E-state index contributed by atoms with van der Waals surface area (Å²) in [4.78, 5) is 0. The molecule has 1 aliphatic carbocycles. The van der Waals surface area contributed by atoms with Crippen LogP contribution in [0.2, 0.25) is 0 Å². The van der Waals surface area contributed by atoms with Crippen LogP contribution < -0.4 is 0 Å². The lowest BCUT2D eigenvalue weighted by Crippen LogP contribution is -2.11. The van der Waals surface area contributed by atoms with Crippen LogP contribution in [0, 0.1) is 35.3 Å². The fourth-order valence-electron chi connectivity index (χ4n) is 4.20. The first-order valence-electron chi connectivity index (χ1n) is 10.5. The number of rotatable bonds is 2. The van der Waals surface area contributed by atoms with Crippen LogP contribution in [-0.2, 0) is 6.18 Å². The van der Waals surface area contributed by atoms with E-state index in [1.54, 1.807) is 0 Å². The van der Waals surface area contributed by atoms with Gasteiger partial charge in [0.25, 0.3) is 0 Å². The van der Waals surface area contributed by atoms with Gasteiger partial charge in [0.1, 0.15) is 17.2 Å². The van der Waals surface area contributed by atoms with Gasteiger partial charge < -0.3 is 0 Å². The van der Waals surface area contributed by atoms with Gasteiger partial charge in [-0.2, -0.15) is 13.2 Å². The Morgan fingerprint density at radius 3 is 2.16 bits per heavy atom. The summed E-state index contributed by atoms with van der Waals surface area (Å²) in [6, 6.07) is 12.4. The third kappa shape index (κ3) is 4.55. The number of allylic oxidation sites excluding steroid dienone is 1.